The highest BCUT2D eigenvalue weighted by molar-refractivity contribution is 5.45. The molecule has 1 fully saturated rings. The van der Waals surface area contributed by atoms with Crippen molar-refractivity contribution in [2.45, 2.75) is 18.8 Å². The molecule has 1 aliphatic heterocycles. The van der Waals surface area contributed by atoms with Crippen LogP contribution in [-0.4, -0.2) is 71.7 Å². The summed E-state index contributed by atoms with van der Waals surface area (Å²) in [5, 5.41) is 17.5. The highest BCUT2D eigenvalue weighted by atomic mass is 15.4. The van der Waals surface area contributed by atoms with Crippen molar-refractivity contribution in [3.8, 4) is 5.82 Å². The number of fused-ring (bicyclic) bond motifs is 1. The number of hydrogen-bond donors (Lipinski definition) is 0. The van der Waals surface area contributed by atoms with Crippen LogP contribution in [0.2, 0.25) is 0 Å². The van der Waals surface area contributed by atoms with Crippen molar-refractivity contribution in [1.29, 1.82) is 0 Å². The van der Waals surface area contributed by atoms with Gasteiger partial charge in [0.05, 0.1) is 12.4 Å². The molecule has 0 bridgehead atoms. The minimum atomic E-state index is 0.303. The summed E-state index contributed by atoms with van der Waals surface area (Å²) in [7, 11) is 3.95. The lowest BCUT2D eigenvalue weighted by atomic mass is 9.96. The van der Waals surface area contributed by atoms with Crippen LogP contribution in [0.3, 0.4) is 0 Å². The van der Waals surface area contributed by atoms with Gasteiger partial charge in [0.1, 0.15) is 24.3 Å². The fourth-order valence-electron chi connectivity index (χ4n) is 3.59. The predicted molar refractivity (Wildman–Crippen MR) is 106 cm³/mol. The van der Waals surface area contributed by atoms with E-state index in [-0.39, 0.29) is 0 Å². The van der Waals surface area contributed by atoms with E-state index in [2.05, 4.69) is 35.1 Å². The first kappa shape index (κ1) is 17.5. The third-order valence-electron chi connectivity index (χ3n) is 5.18. The maximum atomic E-state index is 4.69. The molecule has 0 spiro atoms. The Morgan fingerprint density at radius 3 is 2.59 bits per heavy atom. The summed E-state index contributed by atoms with van der Waals surface area (Å²) < 4.78 is 3.49. The lowest BCUT2D eigenvalue weighted by Gasteiger charge is -2.31. The number of piperidine rings is 1. The zero-order valence-electron chi connectivity index (χ0n) is 16.3. The monoisotopic (exact) mass is 391 g/mol. The summed E-state index contributed by atoms with van der Waals surface area (Å²) in [6.07, 6.45) is 8.47. The lowest BCUT2D eigenvalue weighted by Crippen LogP contribution is -2.34. The first-order valence-electron chi connectivity index (χ1n) is 9.51. The molecule has 0 radical (unpaired) electrons. The van der Waals surface area contributed by atoms with Gasteiger partial charge in [0, 0.05) is 33.1 Å². The highest BCUT2D eigenvalue weighted by Crippen LogP contribution is 2.29. The zero-order valence-corrected chi connectivity index (χ0v) is 16.3. The molecular weight excluding hydrogens is 370 g/mol. The molecule has 0 aromatic carbocycles. The first-order chi connectivity index (χ1) is 14.2. The highest BCUT2D eigenvalue weighted by Gasteiger charge is 2.26. The molecule has 5 rings (SSSR count). The fourth-order valence-corrected chi connectivity index (χ4v) is 3.59. The standard InChI is InChI=1S/C18H21N11/c1-26(2)15-4-3-14-23-24-18(29(14)25-15)13-5-7-27(8-6-13)16-9-19-10-17(22-16)28-12-20-11-21-28/h3-4,9-13H,5-8H2,1-2H3. The molecule has 148 valence electrons. The summed E-state index contributed by atoms with van der Waals surface area (Å²) in [4.78, 5) is 17.2. The fraction of sp³-hybridized carbons (Fsp3) is 0.389. The van der Waals surface area contributed by atoms with E-state index in [0.717, 1.165) is 49.0 Å². The van der Waals surface area contributed by atoms with Crippen LogP contribution in [0, 0.1) is 0 Å². The van der Waals surface area contributed by atoms with Gasteiger partial charge in [-0.15, -0.1) is 15.3 Å². The molecule has 1 saturated heterocycles. The number of anilines is 2. The maximum Gasteiger partial charge on any atom is 0.178 e. The van der Waals surface area contributed by atoms with E-state index in [1.807, 2.05) is 35.6 Å². The van der Waals surface area contributed by atoms with E-state index in [0.29, 0.717) is 11.7 Å². The summed E-state index contributed by atoms with van der Waals surface area (Å²) in [5.41, 5.74) is 0.777. The van der Waals surface area contributed by atoms with E-state index in [4.69, 9.17) is 5.10 Å². The van der Waals surface area contributed by atoms with Crippen LogP contribution >= 0.6 is 0 Å². The normalized spacial score (nSPS) is 15.2. The maximum absolute atomic E-state index is 4.69. The molecule has 0 unspecified atom stereocenters. The van der Waals surface area contributed by atoms with Gasteiger partial charge < -0.3 is 9.80 Å². The molecule has 0 amide bonds. The molecule has 11 heteroatoms. The van der Waals surface area contributed by atoms with Gasteiger partial charge in [0.25, 0.3) is 0 Å². The van der Waals surface area contributed by atoms with Gasteiger partial charge in [-0.25, -0.2) is 14.6 Å². The molecular formula is C18H21N11. The Morgan fingerprint density at radius 1 is 1.00 bits per heavy atom. The Hall–Kier alpha value is -3.63. The van der Waals surface area contributed by atoms with E-state index in [1.54, 1.807) is 23.4 Å². The Balaban J connectivity index is 1.34. The van der Waals surface area contributed by atoms with Crippen molar-refractivity contribution < 1.29 is 0 Å². The molecule has 29 heavy (non-hydrogen) atoms. The number of aromatic nitrogens is 9. The second-order valence-electron chi connectivity index (χ2n) is 7.25. The van der Waals surface area contributed by atoms with Crippen molar-refractivity contribution in [3.63, 3.8) is 0 Å². The molecule has 0 atom stereocenters. The van der Waals surface area contributed by atoms with Gasteiger partial charge in [-0.3, -0.25) is 4.98 Å². The minimum absolute atomic E-state index is 0.303. The van der Waals surface area contributed by atoms with Gasteiger partial charge >= 0.3 is 0 Å². The van der Waals surface area contributed by atoms with Crippen LogP contribution in [0.5, 0.6) is 0 Å². The minimum Gasteiger partial charge on any atom is -0.361 e. The topological polar surface area (TPSA) is 106 Å². The average molecular weight is 391 g/mol. The van der Waals surface area contributed by atoms with Gasteiger partial charge in [0.2, 0.25) is 0 Å². The number of rotatable bonds is 4. The molecule has 1 aliphatic rings. The Bertz CT molecular complexity index is 1110. The summed E-state index contributed by atoms with van der Waals surface area (Å²) in [6, 6.07) is 3.91. The van der Waals surface area contributed by atoms with Crippen LogP contribution in [0.15, 0.2) is 37.2 Å². The van der Waals surface area contributed by atoms with E-state index in [9.17, 15) is 0 Å². The van der Waals surface area contributed by atoms with E-state index in [1.165, 1.54) is 6.33 Å². The molecule has 4 aromatic heterocycles. The molecule has 4 aromatic rings. The number of hydrogen-bond acceptors (Lipinski definition) is 9. The van der Waals surface area contributed by atoms with E-state index < -0.39 is 0 Å². The zero-order chi connectivity index (χ0) is 19.8. The molecule has 11 nitrogen and oxygen atoms in total. The SMILES string of the molecule is CN(C)c1ccc2nnc(C3CCN(c4cncc(-n5cncn5)n4)CC3)n2n1. The first-order valence-corrected chi connectivity index (χ1v) is 9.51. The van der Waals surface area contributed by atoms with Crippen LogP contribution in [0.1, 0.15) is 24.6 Å². The van der Waals surface area contributed by atoms with Gasteiger partial charge in [-0.1, -0.05) is 0 Å². The molecule has 0 saturated carbocycles. The third kappa shape index (κ3) is 3.24. The van der Waals surface area contributed by atoms with Crippen LogP contribution in [-0.2, 0) is 0 Å². The van der Waals surface area contributed by atoms with Gasteiger partial charge in [0.15, 0.2) is 17.3 Å². The summed E-state index contributed by atoms with van der Waals surface area (Å²) in [6.45, 7) is 1.73. The van der Waals surface area contributed by atoms with Crippen LogP contribution in [0.25, 0.3) is 11.5 Å². The predicted octanol–water partition coefficient (Wildman–Crippen LogP) is 0.945. The van der Waals surface area contributed by atoms with Gasteiger partial charge in [-0.2, -0.15) is 9.61 Å². The second-order valence-corrected chi connectivity index (χ2v) is 7.25. The van der Waals surface area contributed by atoms with Crippen LogP contribution in [0.4, 0.5) is 11.6 Å². The lowest BCUT2D eigenvalue weighted by molar-refractivity contribution is 0.474. The van der Waals surface area contributed by atoms with Crippen molar-refractivity contribution in [1.82, 2.24) is 44.5 Å². The third-order valence-corrected chi connectivity index (χ3v) is 5.18. The largest absolute Gasteiger partial charge is 0.361 e. The Kier molecular flexibility index (Phi) is 4.26. The second kappa shape index (κ2) is 7.08. The quantitative estimate of drug-likeness (QED) is 0.502. The van der Waals surface area contributed by atoms with Crippen molar-refractivity contribution in [2.24, 2.45) is 0 Å². The number of nitrogens with zero attached hydrogens (tertiary/aromatic N) is 11. The van der Waals surface area contributed by atoms with Crippen molar-refractivity contribution >= 4 is 17.3 Å². The Morgan fingerprint density at radius 2 is 1.83 bits per heavy atom. The molecule has 5 heterocycles. The van der Waals surface area contributed by atoms with E-state index >= 15 is 0 Å². The van der Waals surface area contributed by atoms with Crippen LogP contribution < -0.4 is 9.80 Å². The van der Waals surface area contributed by atoms with Crippen molar-refractivity contribution in [3.05, 3.63) is 43.0 Å². The summed E-state index contributed by atoms with van der Waals surface area (Å²) in [5.74, 6) is 3.61. The molecule has 0 N–H and O–H groups in total. The average Bonchev–Trinajstić information content (AvgIpc) is 3.44. The smallest absolute Gasteiger partial charge is 0.178 e. The summed E-state index contributed by atoms with van der Waals surface area (Å²) >= 11 is 0. The van der Waals surface area contributed by atoms with Crippen molar-refractivity contribution in [2.75, 3.05) is 37.0 Å². The molecule has 0 aliphatic carbocycles. The van der Waals surface area contributed by atoms with Gasteiger partial charge in [-0.05, 0) is 25.0 Å². The Labute approximate surface area is 167 Å².